The molecule has 1 amide bonds. The summed E-state index contributed by atoms with van der Waals surface area (Å²) in [6.07, 6.45) is 1.58. The second-order valence-electron chi connectivity index (χ2n) is 4.26. The van der Waals surface area contributed by atoms with Crippen LogP contribution in [0.15, 0.2) is 12.3 Å². The summed E-state index contributed by atoms with van der Waals surface area (Å²) in [6.45, 7) is 4.87. The third-order valence-corrected chi connectivity index (χ3v) is 3.09. The van der Waals surface area contributed by atoms with E-state index in [2.05, 4.69) is 10.3 Å². The smallest absolute Gasteiger partial charge is 0.307 e. The fourth-order valence-electron chi connectivity index (χ4n) is 1.33. The number of aliphatic carboxylic acids is 1. The predicted octanol–water partition coefficient (Wildman–Crippen LogP) is 2.34. The Labute approximate surface area is 110 Å². The first-order valence-electron chi connectivity index (χ1n) is 5.48. The molecule has 0 aliphatic carbocycles. The van der Waals surface area contributed by atoms with Crippen LogP contribution < -0.4 is 5.32 Å². The second-order valence-corrected chi connectivity index (χ2v) is 4.61. The highest BCUT2D eigenvalue weighted by atomic mass is 35.5. The Morgan fingerprint density at radius 2 is 2.00 bits per heavy atom. The van der Waals surface area contributed by atoms with Crippen molar-refractivity contribution in [3.05, 3.63) is 23.0 Å². The number of rotatable bonds is 4. The lowest BCUT2D eigenvalue weighted by Gasteiger charge is -2.16. The molecular weight excluding hydrogens is 256 g/mol. The van der Waals surface area contributed by atoms with Crippen LogP contribution in [0.25, 0.3) is 0 Å². The van der Waals surface area contributed by atoms with Crippen molar-refractivity contribution in [1.29, 1.82) is 0 Å². The third kappa shape index (κ3) is 3.43. The summed E-state index contributed by atoms with van der Waals surface area (Å²) < 4.78 is 0. The van der Waals surface area contributed by atoms with Gasteiger partial charge in [0.2, 0.25) is 5.91 Å². The zero-order chi connectivity index (χ0) is 13.9. The molecule has 2 N–H and O–H groups in total. The third-order valence-electron chi connectivity index (χ3n) is 2.79. The van der Waals surface area contributed by atoms with Gasteiger partial charge in [0.25, 0.3) is 0 Å². The van der Waals surface area contributed by atoms with Gasteiger partial charge in [0.1, 0.15) is 0 Å². The van der Waals surface area contributed by atoms with Crippen molar-refractivity contribution in [3.63, 3.8) is 0 Å². The van der Waals surface area contributed by atoms with E-state index in [4.69, 9.17) is 16.7 Å². The summed E-state index contributed by atoms with van der Waals surface area (Å²) in [5.74, 6) is -2.81. The van der Waals surface area contributed by atoms with Gasteiger partial charge in [-0.15, -0.1) is 0 Å². The van der Waals surface area contributed by atoms with Gasteiger partial charge < -0.3 is 10.4 Å². The van der Waals surface area contributed by atoms with Gasteiger partial charge in [-0.1, -0.05) is 25.4 Å². The maximum absolute atomic E-state index is 11.9. The average Bonchev–Trinajstić information content (AvgIpc) is 2.31. The van der Waals surface area contributed by atoms with E-state index in [9.17, 15) is 9.59 Å². The van der Waals surface area contributed by atoms with Crippen LogP contribution in [0.5, 0.6) is 0 Å². The molecule has 1 aromatic heterocycles. The number of nitrogens with one attached hydrogen (secondary N) is 1. The quantitative estimate of drug-likeness (QED) is 0.823. The fraction of sp³-hybridized carbons (Fsp3) is 0.417. The molecule has 2 unspecified atom stereocenters. The molecule has 5 nitrogen and oxygen atoms in total. The number of carbonyl (C=O) groups excluding carboxylic acids is 1. The zero-order valence-corrected chi connectivity index (χ0v) is 11.2. The molecule has 0 saturated heterocycles. The highest BCUT2D eigenvalue weighted by Gasteiger charge is 2.26. The van der Waals surface area contributed by atoms with Crippen molar-refractivity contribution < 1.29 is 14.7 Å². The van der Waals surface area contributed by atoms with Gasteiger partial charge in [-0.2, -0.15) is 0 Å². The first-order valence-corrected chi connectivity index (χ1v) is 5.86. The molecule has 6 heteroatoms. The summed E-state index contributed by atoms with van der Waals surface area (Å²) in [5, 5.41) is 11.6. The number of carbonyl (C=O) groups is 2. The number of amides is 1. The molecule has 0 aromatic carbocycles. The van der Waals surface area contributed by atoms with Crippen LogP contribution in [-0.4, -0.2) is 22.0 Å². The number of aryl methyl sites for hydroxylation is 1. The fourth-order valence-corrected chi connectivity index (χ4v) is 1.48. The van der Waals surface area contributed by atoms with Crippen LogP contribution in [0, 0.1) is 18.8 Å². The summed E-state index contributed by atoms with van der Waals surface area (Å²) in [6, 6.07) is 1.69. The van der Waals surface area contributed by atoms with Gasteiger partial charge in [0, 0.05) is 12.1 Å². The van der Waals surface area contributed by atoms with Gasteiger partial charge in [-0.05, 0) is 18.6 Å². The minimum atomic E-state index is -1.01. The van der Waals surface area contributed by atoms with Crippen molar-refractivity contribution in [2.24, 2.45) is 11.8 Å². The lowest BCUT2D eigenvalue weighted by molar-refractivity contribution is -0.145. The van der Waals surface area contributed by atoms with Crippen LogP contribution in [-0.2, 0) is 9.59 Å². The lowest BCUT2D eigenvalue weighted by atomic mass is 9.95. The van der Waals surface area contributed by atoms with E-state index >= 15 is 0 Å². The Morgan fingerprint density at radius 1 is 1.39 bits per heavy atom. The lowest BCUT2D eigenvalue weighted by Crippen LogP contribution is -2.30. The molecular formula is C12H15ClN2O3. The van der Waals surface area contributed by atoms with E-state index in [0.717, 1.165) is 5.56 Å². The van der Waals surface area contributed by atoms with Gasteiger partial charge in [-0.25, -0.2) is 4.98 Å². The van der Waals surface area contributed by atoms with Crippen LogP contribution in [0.1, 0.15) is 19.4 Å². The molecule has 0 fully saturated rings. The van der Waals surface area contributed by atoms with Crippen LogP contribution in [0.3, 0.4) is 0 Å². The van der Waals surface area contributed by atoms with Crippen LogP contribution in [0.2, 0.25) is 5.15 Å². The minimum absolute atomic E-state index is 0.184. The molecule has 1 rings (SSSR count). The maximum atomic E-state index is 11.9. The zero-order valence-electron chi connectivity index (χ0n) is 10.4. The number of hydrogen-bond acceptors (Lipinski definition) is 3. The summed E-state index contributed by atoms with van der Waals surface area (Å²) in [4.78, 5) is 26.6. The maximum Gasteiger partial charge on any atom is 0.307 e. The molecule has 0 radical (unpaired) electrons. The number of aromatic nitrogens is 1. The van der Waals surface area contributed by atoms with Crippen molar-refractivity contribution in [2.75, 3.05) is 5.32 Å². The SMILES string of the molecule is Cc1cnc(Cl)c(NC(=O)C(C)C(C)C(=O)O)c1. The Balaban J connectivity index is 2.81. The van der Waals surface area contributed by atoms with E-state index in [0.29, 0.717) is 5.69 Å². The van der Waals surface area contributed by atoms with Gasteiger partial charge in [0.05, 0.1) is 11.6 Å². The van der Waals surface area contributed by atoms with E-state index in [-0.39, 0.29) is 11.1 Å². The molecule has 18 heavy (non-hydrogen) atoms. The van der Waals surface area contributed by atoms with Gasteiger partial charge in [-0.3, -0.25) is 9.59 Å². The molecule has 0 aliphatic rings. The minimum Gasteiger partial charge on any atom is -0.481 e. The van der Waals surface area contributed by atoms with Crippen LogP contribution in [0.4, 0.5) is 5.69 Å². The van der Waals surface area contributed by atoms with Gasteiger partial charge >= 0.3 is 5.97 Å². The molecule has 1 aromatic rings. The van der Waals surface area contributed by atoms with E-state index in [1.807, 2.05) is 6.92 Å². The predicted molar refractivity (Wildman–Crippen MR) is 68.6 cm³/mol. The number of nitrogens with zero attached hydrogens (tertiary/aromatic N) is 1. The molecule has 0 aliphatic heterocycles. The highest BCUT2D eigenvalue weighted by molar-refractivity contribution is 6.32. The van der Waals surface area contributed by atoms with Gasteiger partial charge in [0.15, 0.2) is 5.15 Å². The number of carboxylic acid groups (broad SMARTS) is 1. The average molecular weight is 271 g/mol. The summed E-state index contributed by atoms with van der Waals surface area (Å²) >= 11 is 5.84. The molecule has 98 valence electrons. The standard InChI is InChI=1S/C12H15ClN2O3/c1-6-4-9(10(13)14-5-6)15-11(16)7(2)8(3)12(17)18/h4-5,7-8H,1-3H3,(H,15,16)(H,17,18). The number of pyridine rings is 1. The molecule has 1 heterocycles. The second kappa shape index (κ2) is 5.82. The first-order chi connectivity index (χ1) is 8.32. The van der Waals surface area contributed by atoms with Crippen molar-refractivity contribution in [2.45, 2.75) is 20.8 Å². The Morgan fingerprint density at radius 3 is 2.56 bits per heavy atom. The van der Waals surface area contributed by atoms with Crippen molar-refractivity contribution in [1.82, 2.24) is 4.98 Å². The number of hydrogen-bond donors (Lipinski definition) is 2. The topological polar surface area (TPSA) is 79.3 Å². The highest BCUT2D eigenvalue weighted by Crippen LogP contribution is 2.22. The molecule has 0 saturated carbocycles. The van der Waals surface area contributed by atoms with E-state index in [1.54, 1.807) is 19.2 Å². The summed E-state index contributed by atoms with van der Waals surface area (Å²) in [7, 11) is 0. The normalized spacial score (nSPS) is 13.8. The Kier molecular flexibility index (Phi) is 4.67. The Bertz CT molecular complexity index is 476. The number of carboxylic acids is 1. The number of anilines is 1. The van der Waals surface area contributed by atoms with E-state index < -0.39 is 17.8 Å². The van der Waals surface area contributed by atoms with Crippen molar-refractivity contribution >= 4 is 29.2 Å². The molecule has 0 spiro atoms. The number of halogens is 1. The first kappa shape index (κ1) is 14.4. The Hall–Kier alpha value is -1.62. The van der Waals surface area contributed by atoms with E-state index in [1.165, 1.54) is 6.92 Å². The monoisotopic (exact) mass is 270 g/mol. The largest absolute Gasteiger partial charge is 0.481 e. The van der Waals surface area contributed by atoms with Crippen LogP contribution >= 0.6 is 11.6 Å². The summed E-state index contributed by atoms with van der Waals surface area (Å²) in [5.41, 5.74) is 1.25. The van der Waals surface area contributed by atoms with Crippen molar-refractivity contribution in [3.8, 4) is 0 Å². The molecule has 2 atom stereocenters. The molecule has 0 bridgehead atoms.